The van der Waals surface area contributed by atoms with Gasteiger partial charge in [-0.1, -0.05) is 41.9 Å². The van der Waals surface area contributed by atoms with E-state index in [1.54, 1.807) is 13.0 Å². The molecule has 1 N–H and O–H groups in total. The van der Waals surface area contributed by atoms with Crippen LogP contribution in [0.4, 0.5) is 18.9 Å². The quantitative estimate of drug-likeness (QED) is 0.745. The number of hydrogen-bond acceptors (Lipinski definition) is 1. The first-order valence-corrected chi connectivity index (χ1v) is 7.06. The zero-order valence-corrected chi connectivity index (χ0v) is 12.9. The molecule has 0 heterocycles. The maximum absolute atomic E-state index is 12.7. The Morgan fingerprint density at radius 3 is 2.39 bits per heavy atom. The van der Waals surface area contributed by atoms with Crippen LogP contribution in [0.3, 0.4) is 0 Å². The first-order chi connectivity index (χ1) is 10.8. The van der Waals surface area contributed by atoms with Crippen molar-refractivity contribution in [1.29, 1.82) is 0 Å². The predicted octanol–water partition coefficient (Wildman–Crippen LogP) is 5.40. The zero-order valence-electron chi connectivity index (χ0n) is 12.1. The monoisotopic (exact) mass is 339 g/mol. The van der Waals surface area contributed by atoms with Gasteiger partial charge in [0.15, 0.2) is 0 Å². The summed E-state index contributed by atoms with van der Waals surface area (Å²) >= 11 is 5.85. The highest BCUT2D eigenvalue weighted by atomic mass is 35.5. The molecule has 0 bridgehead atoms. The first-order valence-electron chi connectivity index (χ1n) is 6.69. The van der Waals surface area contributed by atoms with Gasteiger partial charge in [0.2, 0.25) is 0 Å². The lowest BCUT2D eigenvalue weighted by atomic mass is 10.1. The lowest BCUT2D eigenvalue weighted by molar-refractivity contribution is -0.137. The average molecular weight is 340 g/mol. The van der Waals surface area contributed by atoms with Crippen LogP contribution in [0.15, 0.2) is 54.1 Å². The van der Waals surface area contributed by atoms with E-state index >= 15 is 0 Å². The molecule has 0 aromatic heterocycles. The number of rotatable bonds is 3. The van der Waals surface area contributed by atoms with E-state index in [0.717, 1.165) is 23.8 Å². The third-order valence-corrected chi connectivity index (χ3v) is 3.41. The molecule has 0 radical (unpaired) electrons. The molecule has 0 aliphatic rings. The fourth-order valence-corrected chi connectivity index (χ4v) is 2.05. The summed E-state index contributed by atoms with van der Waals surface area (Å²) in [7, 11) is 0. The summed E-state index contributed by atoms with van der Waals surface area (Å²) in [5.41, 5.74) is 0.217. The van der Waals surface area contributed by atoms with E-state index in [1.165, 1.54) is 0 Å². The van der Waals surface area contributed by atoms with Crippen LogP contribution in [-0.2, 0) is 11.0 Å². The molecule has 6 heteroatoms. The van der Waals surface area contributed by atoms with Crippen LogP contribution < -0.4 is 5.32 Å². The summed E-state index contributed by atoms with van der Waals surface area (Å²) in [5.74, 6) is -0.518. The second-order valence-corrected chi connectivity index (χ2v) is 5.29. The molecule has 0 atom stereocenters. The van der Waals surface area contributed by atoms with Gasteiger partial charge in [-0.25, -0.2) is 0 Å². The van der Waals surface area contributed by atoms with Crippen LogP contribution in [0.25, 0.3) is 6.08 Å². The van der Waals surface area contributed by atoms with Crippen molar-refractivity contribution >= 4 is 29.3 Å². The highest BCUT2D eigenvalue weighted by molar-refractivity contribution is 6.34. The second kappa shape index (κ2) is 6.87. The molecule has 2 aromatic rings. The van der Waals surface area contributed by atoms with Crippen molar-refractivity contribution in [2.24, 2.45) is 0 Å². The molecule has 23 heavy (non-hydrogen) atoms. The highest BCUT2D eigenvalue weighted by Gasteiger charge is 2.31. The van der Waals surface area contributed by atoms with Gasteiger partial charge in [0.1, 0.15) is 0 Å². The summed E-state index contributed by atoms with van der Waals surface area (Å²) in [6, 6.07) is 11.9. The molecule has 2 aromatic carbocycles. The fourth-order valence-electron chi connectivity index (χ4n) is 1.88. The Hall–Kier alpha value is -2.27. The van der Waals surface area contributed by atoms with E-state index in [4.69, 9.17) is 11.6 Å². The predicted molar refractivity (Wildman–Crippen MR) is 85.2 cm³/mol. The van der Waals surface area contributed by atoms with Crippen molar-refractivity contribution in [2.45, 2.75) is 13.1 Å². The number of alkyl halides is 3. The molecular weight excluding hydrogens is 327 g/mol. The number of carbonyl (C=O) groups excluding carboxylic acids is 1. The number of nitrogens with one attached hydrogen (secondary N) is 1. The topological polar surface area (TPSA) is 29.1 Å². The number of benzene rings is 2. The van der Waals surface area contributed by atoms with Crippen LogP contribution in [0.5, 0.6) is 0 Å². The Labute approximate surface area is 136 Å². The molecule has 0 aliphatic heterocycles. The third-order valence-electron chi connectivity index (χ3n) is 3.08. The summed E-state index contributed by atoms with van der Waals surface area (Å²) in [6.07, 6.45) is -2.87. The van der Waals surface area contributed by atoms with Crippen molar-refractivity contribution in [1.82, 2.24) is 0 Å². The lowest BCUT2D eigenvalue weighted by Crippen LogP contribution is -2.14. The molecule has 0 saturated heterocycles. The minimum Gasteiger partial charge on any atom is -0.321 e. The molecule has 2 nitrogen and oxygen atoms in total. The van der Waals surface area contributed by atoms with Crippen LogP contribution in [0.1, 0.15) is 18.1 Å². The Morgan fingerprint density at radius 2 is 1.78 bits per heavy atom. The summed E-state index contributed by atoms with van der Waals surface area (Å²) < 4.78 is 38.1. The minimum absolute atomic E-state index is 0.0406. The smallest absolute Gasteiger partial charge is 0.321 e. The van der Waals surface area contributed by atoms with Crippen LogP contribution in [0.2, 0.25) is 5.02 Å². The van der Waals surface area contributed by atoms with Gasteiger partial charge in [-0.3, -0.25) is 4.79 Å². The van der Waals surface area contributed by atoms with Gasteiger partial charge in [-0.05, 0) is 36.8 Å². The average Bonchev–Trinajstić information content (AvgIpc) is 2.49. The van der Waals surface area contributed by atoms with Crippen LogP contribution in [-0.4, -0.2) is 5.91 Å². The van der Waals surface area contributed by atoms with Crippen LogP contribution in [0, 0.1) is 0 Å². The van der Waals surface area contributed by atoms with E-state index < -0.39 is 17.6 Å². The van der Waals surface area contributed by atoms with E-state index in [0.29, 0.717) is 5.57 Å². The first kappa shape index (κ1) is 17.1. The third kappa shape index (κ3) is 4.60. The summed E-state index contributed by atoms with van der Waals surface area (Å²) in [6.45, 7) is 1.57. The zero-order chi connectivity index (χ0) is 17.0. The van der Waals surface area contributed by atoms with Gasteiger partial charge in [0.25, 0.3) is 5.91 Å². The number of amides is 1. The number of hydrogen-bond donors (Lipinski definition) is 1. The maximum Gasteiger partial charge on any atom is 0.416 e. The van der Waals surface area contributed by atoms with Crippen molar-refractivity contribution in [3.63, 3.8) is 0 Å². The Balaban J connectivity index is 2.22. The van der Waals surface area contributed by atoms with E-state index in [9.17, 15) is 18.0 Å². The Kier molecular flexibility index (Phi) is 5.11. The second-order valence-electron chi connectivity index (χ2n) is 4.88. The fraction of sp³-hybridized carbons (Fsp3) is 0.118. The molecule has 2 rings (SSSR count). The van der Waals surface area contributed by atoms with E-state index in [1.807, 2.05) is 30.3 Å². The van der Waals surface area contributed by atoms with Gasteiger partial charge in [-0.15, -0.1) is 0 Å². The standard InChI is InChI=1S/C17H13ClF3NO/c1-11(9-12-5-3-2-4-6-12)16(23)22-15-10-13(17(19,20)21)7-8-14(15)18/h2-10H,1H3,(H,22,23). The molecule has 0 fully saturated rings. The van der Waals surface area contributed by atoms with E-state index in [-0.39, 0.29) is 10.7 Å². The van der Waals surface area contributed by atoms with Gasteiger partial charge in [-0.2, -0.15) is 13.2 Å². The van der Waals surface area contributed by atoms with Crippen molar-refractivity contribution in [3.8, 4) is 0 Å². The number of carbonyl (C=O) groups is 1. The minimum atomic E-state index is -4.50. The van der Waals surface area contributed by atoms with E-state index in [2.05, 4.69) is 5.32 Å². The lowest BCUT2D eigenvalue weighted by Gasteiger charge is -2.12. The molecule has 0 aliphatic carbocycles. The van der Waals surface area contributed by atoms with Gasteiger partial charge in [0.05, 0.1) is 16.3 Å². The number of halogens is 4. The molecular formula is C17H13ClF3NO. The molecule has 0 unspecified atom stereocenters. The molecule has 120 valence electrons. The molecule has 0 saturated carbocycles. The summed E-state index contributed by atoms with van der Waals surface area (Å²) in [5, 5.41) is 2.44. The normalized spacial score (nSPS) is 12.1. The van der Waals surface area contributed by atoms with Crippen molar-refractivity contribution in [2.75, 3.05) is 5.32 Å². The SMILES string of the molecule is CC(=Cc1ccccc1)C(=O)Nc1cc(C(F)(F)F)ccc1Cl. The van der Waals surface area contributed by atoms with Crippen LogP contribution >= 0.6 is 11.6 Å². The molecule has 0 spiro atoms. The van der Waals surface area contributed by atoms with Gasteiger partial charge < -0.3 is 5.32 Å². The maximum atomic E-state index is 12.7. The van der Waals surface area contributed by atoms with Gasteiger partial charge >= 0.3 is 6.18 Å². The van der Waals surface area contributed by atoms with Gasteiger partial charge in [0, 0.05) is 5.57 Å². The Bertz CT molecular complexity index is 739. The number of anilines is 1. The Morgan fingerprint density at radius 1 is 1.13 bits per heavy atom. The van der Waals surface area contributed by atoms with Crippen molar-refractivity contribution < 1.29 is 18.0 Å². The highest BCUT2D eigenvalue weighted by Crippen LogP contribution is 2.33. The molecule has 1 amide bonds. The largest absolute Gasteiger partial charge is 0.416 e. The van der Waals surface area contributed by atoms with Crippen molar-refractivity contribution in [3.05, 3.63) is 70.3 Å². The summed E-state index contributed by atoms with van der Waals surface area (Å²) in [4.78, 5) is 12.1.